The summed E-state index contributed by atoms with van der Waals surface area (Å²) in [6, 6.07) is 8.39. The van der Waals surface area contributed by atoms with E-state index in [9.17, 15) is 9.90 Å². The van der Waals surface area contributed by atoms with E-state index in [1.165, 1.54) is 0 Å². The summed E-state index contributed by atoms with van der Waals surface area (Å²) in [5.41, 5.74) is 0.908. The summed E-state index contributed by atoms with van der Waals surface area (Å²) in [5.74, 6) is 0.230. The summed E-state index contributed by atoms with van der Waals surface area (Å²) in [6.07, 6.45) is 2.04. The first-order chi connectivity index (χ1) is 7.72. The molecule has 0 amide bonds. The first kappa shape index (κ1) is 10.7. The zero-order chi connectivity index (χ0) is 11.5. The number of hydrogen-bond donors (Lipinski definition) is 1. The molecule has 0 unspecified atom stereocenters. The Hall–Kier alpha value is -1.77. The number of nitrogens with zero attached hydrogens (tertiary/aromatic N) is 1. The van der Waals surface area contributed by atoms with Crippen LogP contribution in [0.4, 0.5) is 0 Å². The molecule has 1 aromatic carbocycles. The van der Waals surface area contributed by atoms with Gasteiger partial charge in [-0.3, -0.25) is 4.79 Å². The monoisotopic (exact) mass is 217 g/mol. The van der Waals surface area contributed by atoms with Gasteiger partial charge in [0.1, 0.15) is 5.75 Å². The minimum Gasteiger partial charge on any atom is -0.508 e. The topological polar surface area (TPSA) is 42.2 Å². The zero-order valence-electron chi connectivity index (χ0n) is 9.31. The number of aromatic hydroxyl groups is 1. The lowest BCUT2D eigenvalue weighted by molar-refractivity contribution is 0.476. The zero-order valence-corrected chi connectivity index (χ0v) is 9.31. The second-order valence-corrected chi connectivity index (χ2v) is 3.92. The van der Waals surface area contributed by atoms with Crippen molar-refractivity contribution in [3.05, 3.63) is 40.7 Å². The predicted octanol–water partition coefficient (Wildman–Crippen LogP) is 2.51. The molecule has 0 aliphatic carbocycles. The van der Waals surface area contributed by atoms with Crippen LogP contribution in [0.15, 0.2) is 35.1 Å². The first-order valence-electron chi connectivity index (χ1n) is 5.55. The van der Waals surface area contributed by atoms with Crippen LogP contribution in [-0.2, 0) is 6.54 Å². The number of aryl methyl sites for hydroxylation is 1. The van der Waals surface area contributed by atoms with Crippen molar-refractivity contribution in [3.63, 3.8) is 0 Å². The van der Waals surface area contributed by atoms with Crippen LogP contribution in [0, 0.1) is 0 Å². The van der Waals surface area contributed by atoms with Crippen molar-refractivity contribution < 1.29 is 5.11 Å². The molecule has 1 N–H and O–H groups in total. The van der Waals surface area contributed by atoms with Crippen LogP contribution in [0.2, 0.25) is 0 Å². The molecule has 0 atom stereocenters. The van der Waals surface area contributed by atoms with E-state index in [1.54, 1.807) is 34.9 Å². The van der Waals surface area contributed by atoms with Gasteiger partial charge in [-0.15, -0.1) is 0 Å². The molecule has 1 heterocycles. The van der Waals surface area contributed by atoms with Gasteiger partial charge in [0, 0.05) is 18.0 Å². The summed E-state index contributed by atoms with van der Waals surface area (Å²) in [7, 11) is 0. The maximum absolute atomic E-state index is 11.7. The molecule has 2 aromatic rings. The molecule has 84 valence electrons. The Bertz CT molecular complexity index is 557. The standard InChI is InChI=1S/C13H15NO2/c1-2-3-8-14-12-6-5-11(15)9-10(12)4-7-13(14)16/h4-7,9,15H,2-3,8H2,1H3. The van der Waals surface area contributed by atoms with E-state index in [-0.39, 0.29) is 11.3 Å². The molecule has 3 nitrogen and oxygen atoms in total. The van der Waals surface area contributed by atoms with Crippen LogP contribution in [0.1, 0.15) is 19.8 Å². The number of fused-ring (bicyclic) bond motifs is 1. The number of phenolic OH excluding ortho intramolecular Hbond substituents is 1. The highest BCUT2D eigenvalue weighted by Gasteiger charge is 2.02. The fourth-order valence-electron chi connectivity index (χ4n) is 1.84. The van der Waals surface area contributed by atoms with Gasteiger partial charge in [0.2, 0.25) is 0 Å². The smallest absolute Gasteiger partial charge is 0.251 e. The van der Waals surface area contributed by atoms with Crippen LogP contribution >= 0.6 is 0 Å². The molecule has 0 saturated carbocycles. The van der Waals surface area contributed by atoms with E-state index < -0.39 is 0 Å². The number of unbranched alkanes of at least 4 members (excludes halogenated alkanes) is 1. The number of pyridine rings is 1. The first-order valence-corrected chi connectivity index (χ1v) is 5.55. The average Bonchev–Trinajstić information content (AvgIpc) is 2.28. The van der Waals surface area contributed by atoms with Gasteiger partial charge in [-0.1, -0.05) is 13.3 Å². The molecular formula is C13H15NO2. The fourth-order valence-corrected chi connectivity index (χ4v) is 1.84. The lowest BCUT2D eigenvalue weighted by atomic mass is 10.2. The van der Waals surface area contributed by atoms with E-state index in [4.69, 9.17) is 0 Å². The van der Waals surface area contributed by atoms with Crippen LogP contribution in [0.3, 0.4) is 0 Å². The van der Waals surface area contributed by atoms with E-state index in [0.29, 0.717) is 0 Å². The normalized spacial score (nSPS) is 10.8. The van der Waals surface area contributed by atoms with Crippen molar-refractivity contribution in [1.29, 1.82) is 0 Å². The Morgan fingerprint density at radius 2 is 2.06 bits per heavy atom. The summed E-state index contributed by atoms with van der Waals surface area (Å²) in [4.78, 5) is 11.7. The van der Waals surface area contributed by atoms with Crippen molar-refractivity contribution >= 4 is 10.9 Å². The van der Waals surface area contributed by atoms with Crippen molar-refractivity contribution in [3.8, 4) is 5.75 Å². The van der Waals surface area contributed by atoms with Crippen molar-refractivity contribution in [2.24, 2.45) is 0 Å². The quantitative estimate of drug-likeness (QED) is 0.858. The van der Waals surface area contributed by atoms with Crippen LogP contribution in [-0.4, -0.2) is 9.67 Å². The van der Waals surface area contributed by atoms with Gasteiger partial charge >= 0.3 is 0 Å². The molecule has 0 aliphatic rings. The summed E-state index contributed by atoms with van der Waals surface area (Å²) >= 11 is 0. The Morgan fingerprint density at radius 3 is 2.81 bits per heavy atom. The summed E-state index contributed by atoms with van der Waals surface area (Å²) in [5, 5.41) is 10.3. The molecule has 0 bridgehead atoms. The highest BCUT2D eigenvalue weighted by molar-refractivity contribution is 5.80. The molecule has 3 heteroatoms. The average molecular weight is 217 g/mol. The van der Waals surface area contributed by atoms with Crippen molar-refractivity contribution in [2.75, 3.05) is 0 Å². The van der Waals surface area contributed by atoms with E-state index >= 15 is 0 Å². The molecule has 0 radical (unpaired) electrons. The second-order valence-electron chi connectivity index (χ2n) is 3.92. The third-order valence-electron chi connectivity index (χ3n) is 2.71. The van der Waals surface area contributed by atoms with Crippen LogP contribution in [0.25, 0.3) is 10.9 Å². The largest absolute Gasteiger partial charge is 0.508 e. The summed E-state index contributed by atoms with van der Waals surface area (Å²) < 4.78 is 1.76. The van der Waals surface area contributed by atoms with E-state index in [1.807, 2.05) is 0 Å². The molecule has 16 heavy (non-hydrogen) atoms. The summed E-state index contributed by atoms with van der Waals surface area (Å²) in [6.45, 7) is 2.83. The molecule has 0 spiro atoms. The lowest BCUT2D eigenvalue weighted by Gasteiger charge is -2.09. The Balaban J connectivity index is 2.60. The van der Waals surface area contributed by atoms with E-state index in [2.05, 4.69) is 6.92 Å². The molecule has 0 fully saturated rings. The third kappa shape index (κ3) is 1.94. The van der Waals surface area contributed by atoms with Gasteiger partial charge in [-0.25, -0.2) is 0 Å². The lowest BCUT2D eigenvalue weighted by Crippen LogP contribution is -2.19. The van der Waals surface area contributed by atoms with Crippen LogP contribution in [0.5, 0.6) is 5.75 Å². The van der Waals surface area contributed by atoms with Crippen LogP contribution < -0.4 is 5.56 Å². The van der Waals surface area contributed by atoms with Gasteiger partial charge in [-0.2, -0.15) is 0 Å². The maximum atomic E-state index is 11.7. The van der Waals surface area contributed by atoms with Crippen molar-refractivity contribution in [2.45, 2.75) is 26.3 Å². The molecule has 2 rings (SSSR count). The van der Waals surface area contributed by atoms with Gasteiger partial charge < -0.3 is 9.67 Å². The van der Waals surface area contributed by atoms with Gasteiger partial charge in [0.15, 0.2) is 0 Å². The predicted molar refractivity (Wildman–Crippen MR) is 64.8 cm³/mol. The molecule has 0 aliphatic heterocycles. The Morgan fingerprint density at radius 1 is 1.25 bits per heavy atom. The maximum Gasteiger partial charge on any atom is 0.251 e. The molecular weight excluding hydrogens is 202 g/mol. The molecule has 1 aromatic heterocycles. The van der Waals surface area contributed by atoms with Crippen molar-refractivity contribution in [1.82, 2.24) is 4.57 Å². The highest BCUT2D eigenvalue weighted by atomic mass is 16.3. The Labute approximate surface area is 94.0 Å². The fraction of sp³-hybridized carbons (Fsp3) is 0.308. The Kier molecular flexibility index (Phi) is 2.95. The molecule has 0 saturated heterocycles. The SMILES string of the molecule is CCCCn1c(=O)ccc2cc(O)ccc21. The van der Waals surface area contributed by atoms with Gasteiger partial charge in [0.05, 0.1) is 5.52 Å². The number of hydrogen-bond acceptors (Lipinski definition) is 2. The number of aromatic nitrogens is 1. The third-order valence-corrected chi connectivity index (χ3v) is 2.71. The highest BCUT2D eigenvalue weighted by Crippen LogP contribution is 2.18. The minimum atomic E-state index is 0.0200. The second kappa shape index (κ2) is 4.39. The number of phenols is 1. The number of benzene rings is 1. The van der Waals surface area contributed by atoms with E-state index in [0.717, 1.165) is 30.3 Å². The minimum absolute atomic E-state index is 0.0200. The van der Waals surface area contributed by atoms with Gasteiger partial charge in [-0.05, 0) is 30.7 Å². The van der Waals surface area contributed by atoms with Gasteiger partial charge in [0.25, 0.3) is 5.56 Å². The number of rotatable bonds is 3.